The van der Waals surface area contributed by atoms with E-state index in [1.165, 1.54) is 19.1 Å². The van der Waals surface area contributed by atoms with Crippen LogP contribution in [0.2, 0.25) is 0 Å². The van der Waals surface area contributed by atoms with Gasteiger partial charge in [-0.2, -0.15) is 0 Å². The number of ether oxygens (including phenoxy) is 1. The zero-order valence-corrected chi connectivity index (χ0v) is 20.0. The number of carbonyl (C=O) groups is 3. The molecule has 2 aromatic rings. The first-order valence-electron chi connectivity index (χ1n) is 10.3. The first kappa shape index (κ1) is 25.7. The molecular weight excluding hydrogens is 444 g/mol. The van der Waals surface area contributed by atoms with E-state index in [0.717, 1.165) is 0 Å². The van der Waals surface area contributed by atoms with Crippen molar-refractivity contribution in [3.05, 3.63) is 48.5 Å². The second kappa shape index (κ2) is 11.4. The molecule has 2 rings (SSSR count). The zero-order valence-electron chi connectivity index (χ0n) is 19.2. The summed E-state index contributed by atoms with van der Waals surface area (Å²) >= 11 is 0. The molecule has 0 fully saturated rings. The number of benzene rings is 2. The number of nitrogens with zero attached hydrogens (tertiary/aromatic N) is 1. The molecule has 0 aliphatic carbocycles. The van der Waals surface area contributed by atoms with Crippen LogP contribution < -0.4 is 16.0 Å². The summed E-state index contributed by atoms with van der Waals surface area (Å²) in [4.78, 5) is 41.3. The number of alkyl carbamates (subject to hydrolysis) is 1. The van der Waals surface area contributed by atoms with Crippen molar-refractivity contribution in [2.45, 2.75) is 56.4 Å². The van der Waals surface area contributed by atoms with Crippen molar-refractivity contribution < 1.29 is 23.3 Å². The van der Waals surface area contributed by atoms with Gasteiger partial charge in [0.05, 0.1) is 22.2 Å². The van der Waals surface area contributed by atoms with Crippen molar-refractivity contribution in [3.63, 3.8) is 0 Å². The van der Waals surface area contributed by atoms with Crippen molar-refractivity contribution in [1.29, 1.82) is 0 Å². The van der Waals surface area contributed by atoms with Gasteiger partial charge in [-0.15, -0.1) is 0 Å². The average Bonchev–Trinajstić information content (AvgIpc) is 2.73. The molecule has 0 saturated heterocycles. The fourth-order valence-corrected chi connectivity index (χ4v) is 3.62. The lowest BCUT2D eigenvalue weighted by Gasteiger charge is -2.20. The summed E-state index contributed by atoms with van der Waals surface area (Å²) in [5.74, 6) is -0.916. The van der Waals surface area contributed by atoms with Gasteiger partial charge >= 0.3 is 6.09 Å². The highest BCUT2D eigenvalue weighted by Crippen LogP contribution is 2.29. The van der Waals surface area contributed by atoms with E-state index >= 15 is 0 Å². The summed E-state index contributed by atoms with van der Waals surface area (Å²) in [5.41, 5.74) is -0.256. The van der Waals surface area contributed by atoms with Crippen molar-refractivity contribution in [2.24, 2.45) is 4.99 Å². The molecule has 0 heterocycles. The molecule has 2 aromatic carbocycles. The van der Waals surface area contributed by atoms with Gasteiger partial charge in [-0.25, -0.2) is 14.0 Å². The molecule has 0 aliphatic heterocycles. The van der Waals surface area contributed by atoms with Gasteiger partial charge in [0.25, 0.3) is 0 Å². The summed E-state index contributed by atoms with van der Waals surface area (Å²) in [5, 5.41) is 7.56. The Morgan fingerprint density at radius 3 is 2.24 bits per heavy atom. The van der Waals surface area contributed by atoms with Gasteiger partial charge in [0, 0.05) is 23.1 Å². The Morgan fingerprint density at radius 1 is 1.00 bits per heavy atom. The quantitative estimate of drug-likeness (QED) is 0.450. The maximum atomic E-state index is 12.9. The van der Waals surface area contributed by atoms with Crippen LogP contribution in [-0.4, -0.2) is 33.7 Å². The number of nitrogens with one attached hydrogen (secondary N) is 3. The normalized spacial score (nSPS) is 12.5. The Hall–Kier alpha value is -3.53. The fourth-order valence-electron chi connectivity index (χ4n) is 2.53. The maximum absolute atomic E-state index is 12.9. The standard InChI is InChI=1S/C23H28N4O5S/c1-6-20(29)26-21(27-22(30)32-23(3,4)5)25-18-13-12-17(14-19(18)24-15(2)28)33(31)16-10-8-7-9-11-16/h7-14H,6H2,1-5H3,(H,24,28)(H2,25,26,27,29,30). The van der Waals surface area contributed by atoms with Crippen molar-refractivity contribution in [2.75, 3.05) is 5.32 Å². The molecule has 0 saturated carbocycles. The number of amides is 3. The van der Waals surface area contributed by atoms with Crippen molar-refractivity contribution in [1.82, 2.24) is 10.6 Å². The minimum absolute atomic E-state index is 0.155. The van der Waals surface area contributed by atoms with Gasteiger partial charge in [-0.3, -0.25) is 20.2 Å². The Bertz CT molecular complexity index is 1080. The molecule has 3 amide bonds. The number of carbonyl (C=O) groups excluding carboxylic acids is 3. The van der Waals surface area contributed by atoms with E-state index in [4.69, 9.17) is 4.74 Å². The van der Waals surface area contributed by atoms with Crippen LogP contribution in [-0.2, 0) is 25.1 Å². The lowest BCUT2D eigenvalue weighted by molar-refractivity contribution is -0.119. The Balaban J connectivity index is 2.45. The van der Waals surface area contributed by atoms with Gasteiger partial charge < -0.3 is 10.1 Å². The van der Waals surface area contributed by atoms with Crippen LogP contribution in [0.4, 0.5) is 16.2 Å². The first-order chi connectivity index (χ1) is 15.5. The lowest BCUT2D eigenvalue weighted by Crippen LogP contribution is -2.45. The number of anilines is 1. The van der Waals surface area contributed by atoms with E-state index in [0.29, 0.717) is 9.79 Å². The van der Waals surface area contributed by atoms with E-state index in [1.807, 2.05) is 6.07 Å². The van der Waals surface area contributed by atoms with Gasteiger partial charge in [-0.05, 0) is 51.1 Å². The Labute approximate surface area is 195 Å². The average molecular weight is 473 g/mol. The van der Waals surface area contributed by atoms with E-state index in [-0.39, 0.29) is 35.6 Å². The molecule has 9 nitrogen and oxygen atoms in total. The van der Waals surface area contributed by atoms with Crippen molar-refractivity contribution >= 4 is 46.0 Å². The van der Waals surface area contributed by atoms with Gasteiger partial charge in [-0.1, -0.05) is 25.1 Å². The van der Waals surface area contributed by atoms with Gasteiger partial charge in [0.1, 0.15) is 5.60 Å². The minimum atomic E-state index is -1.48. The second-order valence-electron chi connectivity index (χ2n) is 7.93. The summed E-state index contributed by atoms with van der Waals surface area (Å²) in [7, 11) is -1.48. The smallest absolute Gasteiger partial charge is 0.414 e. The third-order valence-electron chi connectivity index (χ3n) is 3.88. The molecule has 33 heavy (non-hydrogen) atoms. The molecule has 0 radical (unpaired) electrons. The Kier molecular flexibility index (Phi) is 8.86. The van der Waals surface area contributed by atoms with Crippen LogP contribution in [0, 0.1) is 0 Å². The molecule has 0 spiro atoms. The van der Waals surface area contributed by atoms with Crippen LogP contribution in [0.25, 0.3) is 0 Å². The lowest BCUT2D eigenvalue weighted by atomic mass is 10.2. The number of guanidine groups is 1. The van der Waals surface area contributed by atoms with E-state index in [9.17, 15) is 18.6 Å². The van der Waals surface area contributed by atoms with Crippen molar-refractivity contribution in [3.8, 4) is 0 Å². The van der Waals surface area contributed by atoms with Crippen LogP contribution in [0.15, 0.2) is 63.3 Å². The van der Waals surface area contributed by atoms with E-state index in [1.54, 1.807) is 58.0 Å². The highest BCUT2D eigenvalue weighted by molar-refractivity contribution is 7.85. The van der Waals surface area contributed by atoms with Crippen LogP contribution in [0.1, 0.15) is 41.0 Å². The topological polar surface area (TPSA) is 126 Å². The van der Waals surface area contributed by atoms with Gasteiger partial charge in [0.15, 0.2) is 0 Å². The molecule has 3 N–H and O–H groups in total. The monoisotopic (exact) mass is 472 g/mol. The summed E-state index contributed by atoms with van der Waals surface area (Å²) in [6.45, 7) is 8.08. The maximum Gasteiger partial charge on any atom is 0.414 e. The molecular formula is C23H28N4O5S. The van der Waals surface area contributed by atoms with Crippen LogP contribution >= 0.6 is 0 Å². The second-order valence-corrected chi connectivity index (χ2v) is 9.41. The van der Waals surface area contributed by atoms with Gasteiger partial charge in [0.2, 0.25) is 17.8 Å². The molecule has 0 bridgehead atoms. The third-order valence-corrected chi connectivity index (χ3v) is 5.26. The number of hydrogen-bond acceptors (Lipinski definition) is 6. The molecule has 176 valence electrons. The fraction of sp³-hybridized carbons (Fsp3) is 0.304. The first-order valence-corrected chi connectivity index (χ1v) is 11.4. The molecule has 1 unspecified atom stereocenters. The predicted octanol–water partition coefficient (Wildman–Crippen LogP) is 3.85. The van der Waals surface area contributed by atoms with Crippen LogP contribution in [0.5, 0.6) is 0 Å². The zero-order chi connectivity index (χ0) is 24.6. The summed E-state index contributed by atoms with van der Waals surface area (Å²) in [6.07, 6.45) is -0.650. The summed E-state index contributed by atoms with van der Waals surface area (Å²) in [6, 6.07) is 13.5. The highest BCUT2D eigenvalue weighted by Gasteiger charge is 2.19. The molecule has 0 aromatic heterocycles. The number of hydrogen-bond donors (Lipinski definition) is 3. The number of rotatable bonds is 5. The minimum Gasteiger partial charge on any atom is -0.444 e. The Morgan fingerprint density at radius 2 is 1.67 bits per heavy atom. The largest absolute Gasteiger partial charge is 0.444 e. The van der Waals surface area contributed by atoms with E-state index in [2.05, 4.69) is 20.9 Å². The molecule has 10 heteroatoms. The highest BCUT2D eigenvalue weighted by atomic mass is 32.2. The predicted molar refractivity (Wildman–Crippen MR) is 127 cm³/mol. The SMILES string of the molecule is CCC(=O)NC(=Nc1ccc(S(=O)c2ccccc2)cc1NC(C)=O)NC(=O)OC(C)(C)C. The molecule has 0 aliphatic rings. The third kappa shape index (κ3) is 8.49. The number of aliphatic imine (C=N–C) groups is 1. The molecule has 1 atom stereocenters. The summed E-state index contributed by atoms with van der Waals surface area (Å²) < 4.78 is 18.1. The van der Waals surface area contributed by atoms with E-state index < -0.39 is 22.5 Å². The van der Waals surface area contributed by atoms with Crippen LogP contribution in [0.3, 0.4) is 0 Å².